The fourth-order valence-electron chi connectivity index (χ4n) is 2.11. The maximum absolute atomic E-state index is 12.4. The lowest BCUT2D eigenvalue weighted by Gasteiger charge is -2.25. The molecular weight excluding hydrogens is 328 g/mol. The fourth-order valence-corrected chi connectivity index (χ4v) is 3.05. The number of rotatable bonds is 6. The Labute approximate surface area is 148 Å². The van der Waals surface area contributed by atoms with Gasteiger partial charge in [0.1, 0.15) is 5.54 Å². The number of nitrogens with two attached hydrogens (primary N) is 1. The van der Waals surface area contributed by atoms with Gasteiger partial charge < -0.3 is 11.1 Å². The molecule has 1 amide bonds. The quantitative estimate of drug-likeness (QED) is 0.783. The van der Waals surface area contributed by atoms with E-state index in [2.05, 4.69) is 24.4 Å². The number of hydrogen-bond acceptors (Lipinski definition) is 3. The van der Waals surface area contributed by atoms with Crippen molar-refractivity contribution in [1.29, 1.82) is 0 Å². The molecule has 0 spiro atoms. The molecule has 0 heterocycles. The van der Waals surface area contributed by atoms with Crippen LogP contribution in [0.3, 0.4) is 0 Å². The number of halogens is 1. The lowest BCUT2D eigenvalue weighted by molar-refractivity contribution is -0.126. The first-order valence-electron chi connectivity index (χ1n) is 7.34. The number of carbonyl (C=O) groups is 1. The molecule has 0 aromatic heterocycles. The van der Waals surface area contributed by atoms with Crippen LogP contribution >= 0.6 is 24.2 Å². The van der Waals surface area contributed by atoms with Crippen LogP contribution in [0.1, 0.15) is 19.4 Å². The highest BCUT2D eigenvalue weighted by molar-refractivity contribution is 8.00. The summed E-state index contributed by atoms with van der Waals surface area (Å²) in [7, 11) is 0. The van der Waals surface area contributed by atoms with Crippen LogP contribution in [-0.2, 0) is 10.3 Å². The molecule has 0 aliphatic carbocycles. The summed E-state index contributed by atoms with van der Waals surface area (Å²) in [4.78, 5) is 13.6. The van der Waals surface area contributed by atoms with E-state index in [4.69, 9.17) is 5.73 Å². The number of carbonyl (C=O) groups excluding carboxylic acids is 1. The normalized spacial score (nSPS) is 14.2. The fraction of sp³-hybridized carbons (Fsp3) is 0.278. The van der Waals surface area contributed by atoms with Crippen molar-refractivity contribution in [1.82, 2.24) is 5.32 Å². The third kappa shape index (κ3) is 5.57. The predicted octanol–water partition coefficient (Wildman–Crippen LogP) is 3.58. The molecule has 2 atom stereocenters. The standard InChI is InChI=1S/C18H22N2OS.ClH/c1-14(22-16-11-7-4-8-12-16)13-20-17(21)18(2,19)15-9-5-3-6-10-15;/h3-12,14H,13,19H2,1-2H3,(H,20,21);1H. The molecule has 2 rings (SSSR count). The van der Waals surface area contributed by atoms with Crippen molar-refractivity contribution in [2.24, 2.45) is 5.73 Å². The van der Waals surface area contributed by atoms with Crippen molar-refractivity contribution in [2.45, 2.75) is 29.5 Å². The smallest absolute Gasteiger partial charge is 0.244 e. The van der Waals surface area contributed by atoms with E-state index in [1.54, 1.807) is 18.7 Å². The molecule has 0 fully saturated rings. The summed E-state index contributed by atoms with van der Waals surface area (Å²) in [6.45, 7) is 4.42. The summed E-state index contributed by atoms with van der Waals surface area (Å²) < 4.78 is 0. The topological polar surface area (TPSA) is 55.1 Å². The highest BCUT2D eigenvalue weighted by atomic mass is 35.5. The molecule has 2 aromatic rings. The van der Waals surface area contributed by atoms with Gasteiger partial charge in [-0.15, -0.1) is 24.2 Å². The first kappa shape index (κ1) is 19.6. The van der Waals surface area contributed by atoms with E-state index in [9.17, 15) is 4.79 Å². The third-order valence-corrected chi connectivity index (χ3v) is 4.59. The van der Waals surface area contributed by atoms with Crippen molar-refractivity contribution in [3.8, 4) is 0 Å². The Hall–Kier alpha value is -1.49. The summed E-state index contributed by atoms with van der Waals surface area (Å²) in [5.41, 5.74) is 6.00. The lowest BCUT2D eigenvalue weighted by atomic mass is 9.92. The average Bonchev–Trinajstić information content (AvgIpc) is 2.54. The number of thioether (sulfide) groups is 1. The van der Waals surface area contributed by atoms with Gasteiger partial charge in [0.05, 0.1) is 0 Å². The van der Waals surface area contributed by atoms with Gasteiger partial charge in [0.2, 0.25) is 5.91 Å². The number of hydrogen-bond donors (Lipinski definition) is 2. The van der Waals surface area contributed by atoms with Gasteiger partial charge in [0.15, 0.2) is 0 Å². The third-order valence-electron chi connectivity index (χ3n) is 3.48. The molecule has 3 nitrogen and oxygen atoms in total. The first-order valence-corrected chi connectivity index (χ1v) is 8.22. The van der Waals surface area contributed by atoms with Crippen molar-refractivity contribution < 1.29 is 4.79 Å². The van der Waals surface area contributed by atoms with Crippen LogP contribution in [0.15, 0.2) is 65.6 Å². The minimum absolute atomic E-state index is 0. The largest absolute Gasteiger partial charge is 0.353 e. The van der Waals surface area contributed by atoms with Gasteiger partial charge in [-0.2, -0.15) is 0 Å². The molecule has 5 heteroatoms. The summed E-state index contributed by atoms with van der Waals surface area (Å²) in [5, 5.41) is 3.23. The zero-order chi connectivity index (χ0) is 16.0. The molecule has 0 aliphatic rings. The lowest BCUT2D eigenvalue weighted by Crippen LogP contribution is -2.50. The van der Waals surface area contributed by atoms with Crippen LogP contribution in [0.4, 0.5) is 0 Å². The Kier molecular flexibility index (Phi) is 7.62. The van der Waals surface area contributed by atoms with Crippen molar-refractivity contribution >= 4 is 30.1 Å². The second kappa shape index (κ2) is 8.96. The highest BCUT2D eigenvalue weighted by Crippen LogP contribution is 2.22. The Morgan fingerprint density at radius 3 is 2.22 bits per heavy atom. The van der Waals surface area contributed by atoms with E-state index >= 15 is 0 Å². The Morgan fingerprint density at radius 1 is 1.13 bits per heavy atom. The average molecular weight is 351 g/mol. The van der Waals surface area contributed by atoms with E-state index in [1.807, 2.05) is 48.5 Å². The van der Waals surface area contributed by atoms with E-state index < -0.39 is 5.54 Å². The van der Waals surface area contributed by atoms with Crippen LogP contribution in [0.25, 0.3) is 0 Å². The van der Waals surface area contributed by atoms with Gasteiger partial charge in [0.25, 0.3) is 0 Å². The number of nitrogens with one attached hydrogen (secondary N) is 1. The van der Waals surface area contributed by atoms with Gasteiger partial charge in [-0.1, -0.05) is 55.5 Å². The zero-order valence-electron chi connectivity index (χ0n) is 13.4. The van der Waals surface area contributed by atoms with Crippen LogP contribution in [0.5, 0.6) is 0 Å². The first-order chi connectivity index (χ1) is 10.5. The van der Waals surface area contributed by atoms with Crippen molar-refractivity contribution in [3.63, 3.8) is 0 Å². The second-order valence-electron chi connectivity index (χ2n) is 5.52. The maximum atomic E-state index is 12.4. The van der Waals surface area contributed by atoms with E-state index in [0.29, 0.717) is 6.54 Å². The summed E-state index contributed by atoms with van der Waals surface area (Å²) in [6.07, 6.45) is 0. The molecule has 23 heavy (non-hydrogen) atoms. The molecule has 0 bridgehead atoms. The van der Waals surface area contributed by atoms with Crippen molar-refractivity contribution in [3.05, 3.63) is 66.2 Å². The molecule has 2 unspecified atom stereocenters. The van der Waals surface area contributed by atoms with Gasteiger partial charge in [-0.05, 0) is 24.6 Å². The molecule has 2 aromatic carbocycles. The van der Waals surface area contributed by atoms with E-state index in [-0.39, 0.29) is 23.6 Å². The predicted molar refractivity (Wildman–Crippen MR) is 100 cm³/mol. The monoisotopic (exact) mass is 350 g/mol. The summed E-state index contributed by atoms with van der Waals surface area (Å²) >= 11 is 1.74. The van der Waals surface area contributed by atoms with Gasteiger partial charge in [-0.3, -0.25) is 4.79 Å². The second-order valence-corrected chi connectivity index (χ2v) is 7.03. The van der Waals surface area contributed by atoms with Crippen molar-refractivity contribution in [2.75, 3.05) is 6.54 Å². The minimum Gasteiger partial charge on any atom is -0.353 e. The summed E-state index contributed by atoms with van der Waals surface area (Å²) in [6, 6.07) is 19.6. The zero-order valence-corrected chi connectivity index (χ0v) is 15.0. The van der Waals surface area contributed by atoms with E-state index in [0.717, 1.165) is 5.56 Å². The molecule has 0 saturated carbocycles. The molecule has 0 saturated heterocycles. The van der Waals surface area contributed by atoms with E-state index in [1.165, 1.54) is 4.90 Å². The molecule has 3 N–H and O–H groups in total. The minimum atomic E-state index is -1.02. The van der Waals surface area contributed by atoms with Gasteiger partial charge >= 0.3 is 0 Å². The Morgan fingerprint density at radius 2 is 1.65 bits per heavy atom. The Balaban J connectivity index is 0.00000264. The maximum Gasteiger partial charge on any atom is 0.244 e. The molecule has 124 valence electrons. The van der Waals surface area contributed by atoms with Crippen LogP contribution in [0, 0.1) is 0 Å². The van der Waals surface area contributed by atoms with Crippen LogP contribution in [-0.4, -0.2) is 17.7 Å². The molecular formula is C18H23ClN2OS. The van der Waals surface area contributed by atoms with Crippen LogP contribution in [0.2, 0.25) is 0 Å². The molecule has 0 radical (unpaired) electrons. The number of amides is 1. The highest BCUT2D eigenvalue weighted by Gasteiger charge is 2.30. The number of benzene rings is 2. The summed E-state index contributed by atoms with van der Waals surface area (Å²) in [5.74, 6) is -0.154. The Bertz CT molecular complexity index is 605. The van der Waals surface area contributed by atoms with Gasteiger partial charge in [0, 0.05) is 16.7 Å². The van der Waals surface area contributed by atoms with Crippen LogP contribution < -0.4 is 11.1 Å². The van der Waals surface area contributed by atoms with Gasteiger partial charge in [-0.25, -0.2) is 0 Å². The molecule has 0 aliphatic heterocycles. The SMILES string of the molecule is CC(CNC(=O)C(C)(N)c1ccccc1)Sc1ccccc1.Cl.